The number of rotatable bonds is 1. The first-order valence-corrected chi connectivity index (χ1v) is 3.56. The van der Waals surface area contributed by atoms with Crippen molar-refractivity contribution in [3.05, 3.63) is 17.1 Å². The second-order valence-electron chi connectivity index (χ2n) is 2.19. The van der Waals surface area contributed by atoms with E-state index in [9.17, 15) is 0 Å². The second kappa shape index (κ2) is 2.60. The Labute approximate surface area is 72.3 Å². The van der Waals surface area contributed by atoms with E-state index in [1.54, 1.807) is 13.0 Å². The fraction of sp³-hybridized carbons (Fsp3) is 0.167. The number of aryl methyl sites for hydroxylation is 1. The molecule has 6 heteroatoms. The average molecular weight is 186 g/mol. The molecule has 0 atom stereocenters. The van der Waals surface area contributed by atoms with Crippen LogP contribution in [0.2, 0.25) is 5.35 Å². The lowest BCUT2D eigenvalue weighted by Gasteiger charge is -1.79. The van der Waals surface area contributed by atoms with E-state index in [2.05, 4.69) is 15.4 Å². The maximum absolute atomic E-state index is 5.41. The van der Waals surface area contributed by atoms with Gasteiger partial charge in [0.25, 0.3) is 5.89 Å². The van der Waals surface area contributed by atoms with Crippen molar-refractivity contribution in [2.75, 3.05) is 0 Å². The minimum Gasteiger partial charge on any atom is -0.404 e. The number of hydrogen-bond acceptors (Lipinski definition) is 5. The standard InChI is InChI=1S/C6H4ClN3O2/c1-3-2-4(12-10-3)5-8-9-6(7)11-5/h2H,1H3. The first kappa shape index (κ1) is 7.30. The van der Waals surface area contributed by atoms with E-state index < -0.39 is 0 Å². The van der Waals surface area contributed by atoms with E-state index in [4.69, 9.17) is 20.5 Å². The van der Waals surface area contributed by atoms with E-state index in [1.807, 2.05) is 0 Å². The summed E-state index contributed by atoms with van der Waals surface area (Å²) in [5, 5.41) is 10.7. The zero-order valence-corrected chi connectivity index (χ0v) is 6.87. The molecule has 2 heterocycles. The van der Waals surface area contributed by atoms with Crippen molar-refractivity contribution in [1.82, 2.24) is 15.4 Å². The lowest BCUT2D eigenvalue weighted by Crippen LogP contribution is -1.71. The van der Waals surface area contributed by atoms with Crippen LogP contribution in [0.15, 0.2) is 15.0 Å². The highest BCUT2D eigenvalue weighted by Gasteiger charge is 2.11. The highest BCUT2D eigenvalue weighted by Crippen LogP contribution is 2.19. The molecule has 5 nitrogen and oxygen atoms in total. The number of nitrogens with zero attached hydrogens (tertiary/aromatic N) is 3. The molecule has 0 N–H and O–H groups in total. The molecule has 0 radical (unpaired) electrons. The van der Waals surface area contributed by atoms with Gasteiger partial charge in [-0.05, 0) is 18.5 Å². The average Bonchev–Trinajstić information content (AvgIpc) is 2.58. The largest absolute Gasteiger partial charge is 0.404 e. The zero-order valence-electron chi connectivity index (χ0n) is 6.11. The fourth-order valence-electron chi connectivity index (χ4n) is 0.769. The van der Waals surface area contributed by atoms with Gasteiger partial charge in [0.15, 0.2) is 0 Å². The summed E-state index contributed by atoms with van der Waals surface area (Å²) < 4.78 is 9.75. The summed E-state index contributed by atoms with van der Waals surface area (Å²) >= 11 is 5.41. The van der Waals surface area contributed by atoms with Gasteiger partial charge >= 0.3 is 5.35 Å². The summed E-state index contributed by atoms with van der Waals surface area (Å²) in [5.74, 6) is 0.660. The van der Waals surface area contributed by atoms with Crippen molar-refractivity contribution < 1.29 is 8.94 Å². The van der Waals surface area contributed by atoms with Crippen LogP contribution in [0.5, 0.6) is 0 Å². The predicted octanol–water partition coefficient (Wildman–Crippen LogP) is 1.69. The first-order valence-electron chi connectivity index (χ1n) is 3.18. The minimum absolute atomic E-state index is 0.0148. The second-order valence-corrected chi connectivity index (χ2v) is 2.52. The van der Waals surface area contributed by atoms with E-state index in [1.165, 1.54) is 0 Å². The minimum atomic E-state index is -0.0148. The molecule has 0 unspecified atom stereocenters. The number of aromatic nitrogens is 3. The van der Waals surface area contributed by atoms with Gasteiger partial charge in [0, 0.05) is 6.07 Å². The van der Waals surface area contributed by atoms with Crippen LogP contribution in [-0.2, 0) is 0 Å². The van der Waals surface area contributed by atoms with Gasteiger partial charge < -0.3 is 8.94 Å². The highest BCUT2D eigenvalue weighted by molar-refractivity contribution is 6.27. The molecule has 0 saturated heterocycles. The van der Waals surface area contributed by atoms with Crippen LogP contribution in [0.25, 0.3) is 11.7 Å². The lowest BCUT2D eigenvalue weighted by molar-refractivity contribution is 0.411. The molecule has 0 aliphatic rings. The lowest BCUT2D eigenvalue weighted by atomic mass is 10.4. The van der Waals surface area contributed by atoms with Crippen LogP contribution in [0, 0.1) is 6.92 Å². The molecule has 2 aromatic heterocycles. The van der Waals surface area contributed by atoms with Crippen molar-refractivity contribution in [3.63, 3.8) is 0 Å². The Hall–Kier alpha value is -1.36. The van der Waals surface area contributed by atoms with Gasteiger partial charge in [-0.25, -0.2) is 0 Å². The van der Waals surface area contributed by atoms with Crippen LogP contribution >= 0.6 is 11.6 Å². The quantitative estimate of drug-likeness (QED) is 0.676. The van der Waals surface area contributed by atoms with E-state index >= 15 is 0 Å². The molecule has 0 saturated carbocycles. The van der Waals surface area contributed by atoms with Crippen LogP contribution < -0.4 is 0 Å². The van der Waals surface area contributed by atoms with Crippen molar-refractivity contribution in [1.29, 1.82) is 0 Å². The van der Waals surface area contributed by atoms with Crippen molar-refractivity contribution in [2.24, 2.45) is 0 Å². The van der Waals surface area contributed by atoms with Gasteiger partial charge in [-0.15, -0.1) is 5.10 Å². The third kappa shape index (κ3) is 1.18. The van der Waals surface area contributed by atoms with Gasteiger partial charge in [-0.3, -0.25) is 0 Å². The summed E-state index contributed by atoms with van der Waals surface area (Å²) in [7, 11) is 0. The number of halogens is 1. The van der Waals surface area contributed by atoms with Gasteiger partial charge in [0.1, 0.15) is 0 Å². The zero-order chi connectivity index (χ0) is 8.55. The van der Waals surface area contributed by atoms with Crippen LogP contribution in [0.3, 0.4) is 0 Å². The third-order valence-electron chi connectivity index (χ3n) is 1.24. The van der Waals surface area contributed by atoms with Crippen LogP contribution in [-0.4, -0.2) is 15.4 Å². The van der Waals surface area contributed by atoms with Crippen LogP contribution in [0.1, 0.15) is 5.69 Å². The van der Waals surface area contributed by atoms with Gasteiger partial charge in [0.05, 0.1) is 5.69 Å². The molecule has 0 spiro atoms. The molecule has 0 bridgehead atoms. The topological polar surface area (TPSA) is 65.0 Å². The highest BCUT2D eigenvalue weighted by atomic mass is 35.5. The van der Waals surface area contributed by atoms with Gasteiger partial charge in [-0.2, -0.15) is 0 Å². The Kier molecular flexibility index (Phi) is 1.58. The normalized spacial score (nSPS) is 10.5. The Bertz CT molecular complexity index is 357. The molecule has 12 heavy (non-hydrogen) atoms. The SMILES string of the molecule is Cc1cc(-c2nnc(Cl)o2)on1. The predicted molar refractivity (Wildman–Crippen MR) is 39.5 cm³/mol. The smallest absolute Gasteiger partial charge is 0.313 e. The first-order chi connectivity index (χ1) is 5.75. The molecule has 2 rings (SSSR count). The summed E-state index contributed by atoms with van der Waals surface area (Å²) in [5.41, 5.74) is 0.749. The van der Waals surface area contributed by atoms with Crippen LogP contribution in [0.4, 0.5) is 0 Å². The Balaban J connectivity index is 2.43. The summed E-state index contributed by atoms with van der Waals surface area (Å²) in [4.78, 5) is 0. The van der Waals surface area contributed by atoms with E-state index in [0.717, 1.165) is 5.69 Å². The monoisotopic (exact) mass is 185 g/mol. The molecule has 62 valence electrons. The van der Waals surface area contributed by atoms with Gasteiger partial charge in [0.2, 0.25) is 5.76 Å². The molecule has 0 aliphatic carbocycles. The summed E-state index contributed by atoms with van der Waals surface area (Å²) in [6, 6.07) is 1.68. The molecular formula is C6H4ClN3O2. The molecule has 2 aromatic rings. The molecule has 0 aromatic carbocycles. The van der Waals surface area contributed by atoms with E-state index in [-0.39, 0.29) is 11.2 Å². The Morgan fingerprint density at radius 1 is 1.42 bits per heavy atom. The van der Waals surface area contributed by atoms with Crippen molar-refractivity contribution in [3.8, 4) is 11.7 Å². The maximum atomic E-state index is 5.41. The van der Waals surface area contributed by atoms with Crippen molar-refractivity contribution in [2.45, 2.75) is 6.92 Å². The van der Waals surface area contributed by atoms with E-state index in [0.29, 0.717) is 5.76 Å². The third-order valence-corrected chi connectivity index (χ3v) is 1.39. The molecular weight excluding hydrogens is 182 g/mol. The maximum Gasteiger partial charge on any atom is 0.313 e. The fourth-order valence-corrected chi connectivity index (χ4v) is 0.880. The molecule has 0 fully saturated rings. The molecule has 0 amide bonds. The van der Waals surface area contributed by atoms with Gasteiger partial charge in [-0.1, -0.05) is 10.3 Å². The number of hydrogen-bond donors (Lipinski definition) is 0. The van der Waals surface area contributed by atoms with Crippen molar-refractivity contribution >= 4 is 11.6 Å². The Morgan fingerprint density at radius 3 is 2.75 bits per heavy atom. The Morgan fingerprint density at radius 2 is 2.25 bits per heavy atom. The summed E-state index contributed by atoms with van der Waals surface area (Å²) in [6.07, 6.45) is 0. The summed E-state index contributed by atoms with van der Waals surface area (Å²) in [6.45, 7) is 1.80. The molecule has 0 aliphatic heterocycles.